The Morgan fingerprint density at radius 2 is 1.89 bits per heavy atom. The van der Waals surface area contributed by atoms with Crippen molar-refractivity contribution in [2.45, 2.75) is 51.0 Å². The maximum Gasteiger partial charge on any atom is 0.0446 e. The summed E-state index contributed by atoms with van der Waals surface area (Å²) in [5, 5.41) is 9.10. The first-order valence-corrected chi connectivity index (χ1v) is 7.83. The molecule has 0 unspecified atom stereocenters. The Morgan fingerprint density at radius 3 is 2.61 bits per heavy atom. The molecule has 3 nitrogen and oxygen atoms in total. The van der Waals surface area contributed by atoms with E-state index in [-0.39, 0.29) is 0 Å². The molecule has 0 spiro atoms. The molecule has 1 heterocycles. The van der Waals surface area contributed by atoms with Crippen LogP contribution in [0.15, 0.2) is 0 Å². The van der Waals surface area contributed by atoms with E-state index in [1.807, 2.05) is 0 Å². The van der Waals surface area contributed by atoms with Crippen LogP contribution in [0.4, 0.5) is 0 Å². The molecular weight excluding hydrogens is 224 g/mol. The highest BCUT2D eigenvalue weighted by Crippen LogP contribution is 2.28. The second-order valence-corrected chi connectivity index (χ2v) is 6.24. The van der Waals surface area contributed by atoms with E-state index in [4.69, 9.17) is 5.11 Å². The zero-order valence-electron chi connectivity index (χ0n) is 12.0. The summed E-state index contributed by atoms with van der Waals surface area (Å²) in [7, 11) is 2.19. The van der Waals surface area contributed by atoms with E-state index in [2.05, 4.69) is 16.8 Å². The number of rotatable bonds is 6. The fraction of sp³-hybridized carbons (Fsp3) is 1.00. The molecule has 3 heteroatoms. The normalized spacial score (nSPS) is 28.0. The first-order chi connectivity index (χ1) is 8.79. The first kappa shape index (κ1) is 14.3. The summed E-state index contributed by atoms with van der Waals surface area (Å²) in [5.41, 5.74) is 0. The Bertz CT molecular complexity index is 229. The maximum atomic E-state index is 9.10. The third-order valence-electron chi connectivity index (χ3n) is 4.89. The van der Waals surface area contributed by atoms with Crippen LogP contribution < -0.4 is 0 Å². The average molecular weight is 254 g/mol. The molecule has 0 radical (unpaired) electrons. The fourth-order valence-electron chi connectivity index (χ4n) is 3.58. The molecule has 106 valence electrons. The van der Waals surface area contributed by atoms with Gasteiger partial charge in [0.15, 0.2) is 0 Å². The van der Waals surface area contributed by atoms with Crippen LogP contribution in [0.3, 0.4) is 0 Å². The van der Waals surface area contributed by atoms with Crippen LogP contribution >= 0.6 is 0 Å². The summed E-state index contributed by atoms with van der Waals surface area (Å²) in [5.74, 6) is 1.03. The van der Waals surface area contributed by atoms with E-state index >= 15 is 0 Å². The number of likely N-dealkylation sites (N-methyl/N-ethyl adjacent to an activating group) is 1. The van der Waals surface area contributed by atoms with Gasteiger partial charge in [-0.1, -0.05) is 25.7 Å². The van der Waals surface area contributed by atoms with Crippen molar-refractivity contribution in [3.8, 4) is 0 Å². The Hall–Kier alpha value is -0.120. The minimum Gasteiger partial charge on any atom is -0.396 e. The van der Waals surface area contributed by atoms with Crippen LogP contribution in [-0.2, 0) is 0 Å². The lowest BCUT2D eigenvalue weighted by Crippen LogP contribution is -2.51. The van der Waals surface area contributed by atoms with Crippen molar-refractivity contribution in [3.63, 3.8) is 0 Å². The summed E-state index contributed by atoms with van der Waals surface area (Å²) in [6.07, 6.45) is 9.65. The van der Waals surface area contributed by atoms with Crippen LogP contribution in [0, 0.1) is 5.92 Å². The zero-order valence-corrected chi connectivity index (χ0v) is 12.0. The van der Waals surface area contributed by atoms with Crippen molar-refractivity contribution >= 4 is 0 Å². The van der Waals surface area contributed by atoms with Crippen LogP contribution in [0.25, 0.3) is 0 Å². The predicted octanol–water partition coefficient (Wildman–Crippen LogP) is 1.96. The first-order valence-electron chi connectivity index (χ1n) is 7.83. The molecule has 0 bridgehead atoms. The van der Waals surface area contributed by atoms with Crippen molar-refractivity contribution in [2.24, 2.45) is 5.92 Å². The van der Waals surface area contributed by atoms with Gasteiger partial charge in [0.05, 0.1) is 0 Å². The van der Waals surface area contributed by atoms with Gasteiger partial charge in [0.2, 0.25) is 0 Å². The van der Waals surface area contributed by atoms with E-state index < -0.39 is 0 Å². The van der Waals surface area contributed by atoms with Crippen LogP contribution in [0.5, 0.6) is 0 Å². The van der Waals surface area contributed by atoms with Gasteiger partial charge in [-0.25, -0.2) is 0 Å². The van der Waals surface area contributed by atoms with Gasteiger partial charge in [-0.3, -0.25) is 0 Å². The fourth-order valence-corrected chi connectivity index (χ4v) is 3.58. The van der Waals surface area contributed by atoms with Crippen molar-refractivity contribution in [1.29, 1.82) is 0 Å². The lowest BCUT2D eigenvalue weighted by atomic mass is 10.0. The van der Waals surface area contributed by atoms with E-state index in [0.29, 0.717) is 12.6 Å². The minimum absolute atomic E-state index is 0.324. The number of piperazine rings is 1. The van der Waals surface area contributed by atoms with E-state index in [1.165, 1.54) is 51.6 Å². The van der Waals surface area contributed by atoms with E-state index in [0.717, 1.165) is 25.4 Å². The molecule has 0 amide bonds. The molecule has 2 rings (SSSR count). The predicted molar refractivity (Wildman–Crippen MR) is 75.8 cm³/mol. The van der Waals surface area contributed by atoms with Crippen LogP contribution in [0.2, 0.25) is 0 Å². The number of hydrogen-bond acceptors (Lipinski definition) is 3. The van der Waals surface area contributed by atoms with Gasteiger partial charge >= 0.3 is 0 Å². The molecule has 0 aromatic carbocycles. The SMILES string of the molecule is CN1CCN(CCCC2CCCC2)C[C@H]1CCO. The standard InChI is InChI=1S/C15H30N2O/c1-16-10-11-17(13-15(16)8-12-18)9-4-7-14-5-2-3-6-14/h14-15,18H,2-13H2,1H3/t15-/m1/s1. The zero-order chi connectivity index (χ0) is 12.8. The van der Waals surface area contributed by atoms with Gasteiger partial charge in [0.25, 0.3) is 0 Å². The van der Waals surface area contributed by atoms with Gasteiger partial charge in [0.1, 0.15) is 0 Å². The Labute approximate surface area is 112 Å². The Balaban J connectivity index is 1.63. The second kappa shape index (κ2) is 7.46. The van der Waals surface area contributed by atoms with Gasteiger partial charge < -0.3 is 14.9 Å². The quantitative estimate of drug-likeness (QED) is 0.785. The third kappa shape index (κ3) is 4.22. The van der Waals surface area contributed by atoms with Crippen molar-refractivity contribution in [3.05, 3.63) is 0 Å². The minimum atomic E-state index is 0.324. The summed E-state index contributed by atoms with van der Waals surface area (Å²) in [6.45, 7) is 5.12. The monoisotopic (exact) mass is 254 g/mol. The highest BCUT2D eigenvalue weighted by atomic mass is 16.3. The van der Waals surface area contributed by atoms with Crippen LogP contribution in [-0.4, -0.2) is 60.8 Å². The number of aliphatic hydroxyl groups excluding tert-OH is 1. The van der Waals surface area contributed by atoms with Crippen LogP contribution in [0.1, 0.15) is 44.9 Å². The van der Waals surface area contributed by atoms with Gasteiger partial charge in [-0.05, 0) is 38.8 Å². The molecule has 2 aliphatic rings. The van der Waals surface area contributed by atoms with E-state index in [9.17, 15) is 0 Å². The van der Waals surface area contributed by atoms with Gasteiger partial charge in [-0.2, -0.15) is 0 Å². The number of aliphatic hydroxyl groups is 1. The average Bonchev–Trinajstić information content (AvgIpc) is 2.87. The topological polar surface area (TPSA) is 26.7 Å². The lowest BCUT2D eigenvalue weighted by molar-refractivity contribution is 0.0768. The van der Waals surface area contributed by atoms with Crippen molar-refractivity contribution < 1.29 is 5.11 Å². The molecule has 1 atom stereocenters. The number of hydrogen-bond donors (Lipinski definition) is 1. The summed E-state index contributed by atoms with van der Waals surface area (Å²) in [4.78, 5) is 5.01. The molecule has 2 fully saturated rings. The highest BCUT2D eigenvalue weighted by Gasteiger charge is 2.23. The van der Waals surface area contributed by atoms with Crippen molar-refractivity contribution in [1.82, 2.24) is 9.80 Å². The van der Waals surface area contributed by atoms with Gasteiger partial charge in [-0.15, -0.1) is 0 Å². The summed E-state index contributed by atoms with van der Waals surface area (Å²) < 4.78 is 0. The largest absolute Gasteiger partial charge is 0.396 e. The molecule has 0 aromatic heterocycles. The Morgan fingerprint density at radius 1 is 1.11 bits per heavy atom. The highest BCUT2D eigenvalue weighted by molar-refractivity contribution is 4.80. The smallest absolute Gasteiger partial charge is 0.0446 e. The third-order valence-corrected chi connectivity index (χ3v) is 4.89. The Kier molecular flexibility index (Phi) is 5.93. The van der Waals surface area contributed by atoms with Crippen molar-refractivity contribution in [2.75, 3.05) is 39.8 Å². The maximum absolute atomic E-state index is 9.10. The molecular formula is C15H30N2O. The molecule has 1 saturated carbocycles. The molecule has 0 aromatic rings. The summed E-state index contributed by atoms with van der Waals surface area (Å²) in [6, 6.07) is 0.565. The van der Waals surface area contributed by atoms with E-state index in [1.54, 1.807) is 0 Å². The molecule has 1 aliphatic carbocycles. The molecule has 1 N–H and O–H groups in total. The molecule has 18 heavy (non-hydrogen) atoms. The molecule has 1 aliphatic heterocycles. The number of nitrogens with zero attached hydrogens (tertiary/aromatic N) is 2. The van der Waals surface area contributed by atoms with Gasteiger partial charge in [0, 0.05) is 32.3 Å². The lowest BCUT2D eigenvalue weighted by Gasteiger charge is -2.39. The summed E-state index contributed by atoms with van der Waals surface area (Å²) >= 11 is 0. The molecule has 1 saturated heterocycles. The second-order valence-electron chi connectivity index (χ2n) is 6.24.